The molecule has 0 saturated carbocycles. The van der Waals surface area contributed by atoms with E-state index >= 15 is 0 Å². The van der Waals surface area contributed by atoms with Crippen molar-refractivity contribution in [2.75, 3.05) is 6.26 Å². The minimum atomic E-state index is -3.16. The highest BCUT2D eigenvalue weighted by molar-refractivity contribution is 7.89. The zero-order valence-corrected chi connectivity index (χ0v) is 16.4. The zero-order chi connectivity index (χ0) is 19.6. The smallest absolute Gasteiger partial charge is 0.251 e. The van der Waals surface area contributed by atoms with Crippen LogP contribution in [-0.2, 0) is 15.6 Å². The fourth-order valence-electron chi connectivity index (χ4n) is 3.00. The largest absolute Gasteiger partial charge is 0.342 e. The van der Waals surface area contributed by atoms with E-state index in [2.05, 4.69) is 15.3 Å². The van der Waals surface area contributed by atoms with Crippen LogP contribution in [0.3, 0.4) is 0 Å². The van der Waals surface area contributed by atoms with Gasteiger partial charge in [-0.1, -0.05) is 38.1 Å². The Balaban J connectivity index is 1.84. The van der Waals surface area contributed by atoms with E-state index in [0.29, 0.717) is 17.0 Å². The van der Waals surface area contributed by atoms with Crippen LogP contribution in [0.1, 0.15) is 41.6 Å². The fraction of sp³-hybridized carbons (Fsp3) is 0.300. The number of nitrogens with zero attached hydrogens (tertiary/aromatic N) is 1. The highest BCUT2D eigenvalue weighted by Crippen LogP contribution is 2.23. The van der Waals surface area contributed by atoms with Crippen molar-refractivity contribution in [3.63, 3.8) is 0 Å². The van der Waals surface area contributed by atoms with E-state index in [1.165, 1.54) is 6.26 Å². The van der Waals surface area contributed by atoms with Gasteiger partial charge in [-0.3, -0.25) is 4.79 Å². The van der Waals surface area contributed by atoms with Crippen molar-refractivity contribution in [3.05, 3.63) is 65.5 Å². The first kappa shape index (κ1) is 19.1. The number of H-pyrrole nitrogens is 1. The van der Waals surface area contributed by atoms with Crippen LogP contribution in [-0.4, -0.2) is 30.5 Å². The number of nitrogens with one attached hydrogen (secondary N) is 2. The first-order chi connectivity index (χ1) is 12.7. The topological polar surface area (TPSA) is 91.9 Å². The molecule has 2 N–H and O–H groups in total. The lowest BCUT2D eigenvalue weighted by Crippen LogP contribution is -2.32. The molecule has 1 aromatic heterocycles. The van der Waals surface area contributed by atoms with Crippen LogP contribution in [0.2, 0.25) is 0 Å². The molecule has 0 aliphatic carbocycles. The molecule has 0 bridgehead atoms. The molecule has 1 atom stereocenters. The number of carbonyl (C=O) groups excluding carboxylic acids is 1. The molecule has 3 rings (SSSR count). The fourth-order valence-corrected chi connectivity index (χ4v) is 3.79. The monoisotopic (exact) mass is 385 g/mol. The SMILES string of the molecule is CC(C)C(NC(=O)c1cccc(CS(C)(=O)=O)c1)c1nc2ccccc2[nH]1. The normalized spacial score (nSPS) is 13.0. The van der Waals surface area contributed by atoms with Crippen LogP contribution in [0.4, 0.5) is 0 Å². The molecule has 1 unspecified atom stereocenters. The number of hydrogen-bond acceptors (Lipinski definition) is 4. The Hall–Kier alpha value is -2.67. The Bertz CT molecular complexity index is 1040. The summed E-state index contributed by atoms with van der Waals surface area (Å²) < 4.78 is 23.0. The molecular weight excluding hydrogens is 362 g/mol. The van der Waals surface area contributed by atoms with Gasteiger partial charge in [0.1, 0.15) is 5.82 Å². The van der Waals surface area contributed by atoms with Crippen LogP contribution in [0.25, 0.3) is 11.0 Å². The summed E-state index contributed by atoms with van der Waals surface area (Å²) in [6.07, 6.45) is 1.18. The second-order valence-electron chi connectivity index (χ2n) is 7.10. The van der Waals surface area contributed by atoms with Crippen LogP contribution < -0.4 is 5.32 Å². The van der Waals surface area contributed by atoms with Crippen LogP contribution in [0.5, 0.6) is 0 Å². The average Bonchev–Trinajstić information content (AvgIpc) is 3.01. The highest BCUT2D eigenvalue weighted by atomic mass is 32.2. The molecule has 2 aromatic carbocycles. The van der Waals surface area contributed by atoms with Gasteiger partial charge in [-0.05, 0) is 35.7 Å². The van der Waals surface area contributed by atoms with Gasteiger partial charge in [0.05, 0.1) is 22.8 Å². The maximum absolute atomic E-state index is 12.8. The van der Waals surface area contributed by atoms with Crippen molar-refractivity contribution in [1.82, 2.24) is 15.3 Å². The van der Waals surface area contributed by atoms with Gasteiger partial charge in [0.2, 0.25) is 0 Å². The Morgan fingerprint density at radius 3 is 2.56 bits per heavy atom. The van der Waals surface area contributed by atoms with Gasteiger partial charge >= 0.3 is 0 Å². The molecule has 0 aliphatic rings. The third-order valence-electron chi connectivity index (χ3n) is 4.27. The summed E-state index contributed by atoms with van der Waals surface area (Å²) in [7, 11) is -3.16. The minimum absolute atomic E-state index is 0.0920. The van der Waals surface area contributed by atoms with Crippen molar-refractivity contribution >= 4 is 26.8 Å². The maximum atomic E-state index is 12.8. The second-order valence-corrected chi connectivity index (χ2v) is 9.24. The summed E-state index contributed by atoms with van der Waals surface area (Å²) in [6, 6.07) is 14.1. The third kappa shape index (κ3) is 4.74. The number of aromatic amines is 1. The highest BCUT2D eigenvalue weighted by Gasteiger charge is 2.22. The Morgan fingerprint density at radius 2 is 1.89 bits per heavy atom. The van der Waals surface area contributed by atoms with Gasteiger partial charge in [-0.25, -0.2) is 13.4 Å². The van der Waals surface area contributed by atoms with E-state index in [9.17, 15) is 13.2 Å². The Labute approximate surface area is 158 Å². The molecule has 0 spiro atoms. The number of rotatable bonds is 6. The third-order valence-corrected chi connectivity index (χ3v) is 5.13. The summed E-state index contributed by atoms with van der Waals surface area (Å²) in [4.78, 5) is 20.6. The molecule has 1 amide bonds. The van der Waals surface area contributed by atoms with Gasteiger partial charge < -0.3 is 10.3 Å². The molecule has 0 saturated heterocycles. The number of para-hydroxylation sites is 2. The number of carbonyl (C=O) groups is 1. The quantitative estimate of drug-likeness (QED) is 0.681. The Morgan fingerprint density at radius 1 is 1.15 bits per heavy atom. The number of aromatic nitrogens is 2. The van der Waals surface area contributed by atoms with Crippen LogP contribution in [0.15, 0.2) is 48.5 Å². The maximum Gasteiger partial charge on any atom is 0.251 e. The molecule has 0 aliphatic heterocycles. The van der Waals surface area contributed by atoms with Gasteiger partial charge in [0, 0.05) is 11.8 Å². The van der Waals surface area contributed by atoms with Gasteiger partial charge in [0.25, 0.3) is 5.91 Å². The number of amides is 1. The molecule has 3 aromatic rings. The Kier molecular flexibility index (Phi) is 5.32. The van der Waals surface area contributed by atoms with Gasteiger partial charge in [-0.15, -0.1) is 0 Å². The lowest BCUT2D eigenvalue weighted by Gasteiger charge is -2.20. The predicted octanol–water partition coefficient (Wildman–Crippen LogP) is 3.23. The van der Waals surface area contributed by atoms with Crippen molar-refractivity contribution in [1.29, 1.82) is 0 Å². The number of fused-ring (bicyclic) bond motifs is 1. The average molecular weight is 385 g/mol. The minimum Gasteiger partial charge on any atom is -0.342 e. The van der Waals surface area contributed by atoms with Crippen LogP contribution in [0, 0.1) is 5.92 Å². The second kappa shape index (κ2) is 7.52. The zero-order valence-electron chi connectivity index (χ0n) is 15.6. The molecule has 1 heterocycles. The van der Waals surface area contributed by atoms with Gasteiger partial charge in [0.15, 0.2) is 9.84 Å². The predicted molar refractivity (Wildman–Crippen MR) is 106 cm³/mol. The first-order valence-electron chi connectivity index (χ1n) is 8.75. The molecule has 27 heavy (non-hydrogen) atoms. The first-order valence-corrected chi connectivity index (χ1v) is 10.8. The van der Waals surface area contributed by atoms with E-state index in [4.69, 9.17) is 0 Å². The summed E-state index contributed by atoms with van der Waals surface area (Å²) >= 11 is 0. The molecule has 142 valence electrons. The molecular formula is C20H23N3O3S. The molecule has 6 nitrogen and oxygen atoms in total. The van der Waals surface area contributed by atoms with E-state index in [0.717, 1.165) is 11.0 Å². The number of benzene rings is 2. The van der Waals surface area contributed by atoms with Crippen molar-refractivity contribution in [3.8, 4) is 0 Å². The van der Waals surface area contributed by atoms with Gasteiger partial charge in [-0.2, -0.15) is 0 Å². The van der Waals surface area contributed by atoms with Crippen molar-refractivity contribution in [2.24, 2.45) is 5.92 Å². The van der Waals surface area contributed by atoms with E-state index in [-0.39, 0.29) is 23.6 Å². The number of imidazole rings is 1. The number of sulfone groups is 1. The standard InChI is InChI=1S/C20H23N3O3S/c1-13(2)18(19-21-16-9-4-5-10-17(16)22-19)23-20(24)15-8-6-7-14(11-15)12-27(3,25)26/h4-11,13,18H,12H2,1-3H3,(H,21,22)(H,23,24). The molecule has 0 fully saturated rings. The van der Waals surface area contributed by atoms with E-state index in [1.807, 2.05) is 38.1 Å². The van der Waals surface area contributed by atoms with Crippen molar-refractivity contribution < 1.29 is 13.2 Å². The summed E-state index contributed by atoms with van der Waals surface area (Å²) in [5.74, 6) is 0.468. The summed E-state index contributed by atoms with van der Waals surface area (Å²) in [6.45, 7) is 4.02. The summed E-state index contributed by atoms with van der Waals surface area (Å²) in [5, 5.41) is 3.02. The lowest BCUT2D eigenvalue weighted by molar-refractivity contribution is 0.0923. The van der Waals surface area contributed by atoms with Crippen LogP contribution >= 0.6 is 0 Å². The molecule has 7 heteroatoms. The molecule has 0 radical (unpaired) electrons. The lowest BCUT2D eigenvalue weighted by atomic mass is 10.0. The summed E-state index contributed by atoms with van der Waals surface area (Å²) in [5.41, 5.74) is 2.79. The van der Waals surface area contributed by atoms with Crippen molar-refractivity contribution in [2.45, 2.75) is 25.6 Å². The van der Waals surface area contributed by atoms with E-state index in [1.54, 1.807) is 24.3 Å². The number of hydrogen-bond donors (Lipinski definition) is 2. The van der Waals surface area contributed by atoms with E-state index < -0.39 is 9.84 Å².